The van der Waals surface area contributed by atoms with Gasteiger partial charge in [-0.3, -0.25) is 9.89 Å². The summed E-state index contributed by atoms with van der Waals surface area (Å²) in [6.45, 7) is 7.40. The van der Waals surface area contributed by atoms with E-state index in [2.05, 4.69) is 41.3 Å². The molecule has 1 fully saturated rings. The fourth-order valence-electron chi connectivity index (χ4n) is 3.01. The fourth-order valence-corrected chi connectivity index (χ4v) is 3.01. The lowest BCUT2D eigenvalue weighted by Crippen LogP contribution is -2.52. The molecule has 2 aromatic heterocycles. The highest BCUT2D eigenvalue weighted by atomic mass is 16.3. The Hall–Kier alpha value is -2.22. The molecular formula is C16H24N6O2. The van der Waals surface area contributed by atoms with Crippen molar-refractivity contribution in [2.45, 2.75) is 51.2 Å². The number of hydrogen-bond donors (Lipinski definition) is 2. The Kier molecular flexibility index (Phi) is 4.16. The zero-order valence-corrected chi connectivity index (χ0v) is 14.4. The molecule has 8 heteroatoms. The molecule has 1 amide bonds. The first-order chi connectivity index (χ1) is 11.3. The van der Waals surface area contributed by atoms with Crippen LogP contribution < -0.4 is 0 Å². The van der Waals surface area contributed by atoms with Gasteiger partial charge in [0, 0.05) is 23.9 Å². The van der Waals surface area contributed by atoms with E-state index in [-0.39, 0.29) is 17.9 Å². The molecule has 0 spiro atoms. The molecule has 1 unspecified atom stereocenters. The molecule has 0 aromatic carbocycles. The highest BCUT2D eigenvalue weighted by Crippen LogP contribution is 2.25. The number of carbonyl (C=O) groups excluding carboxylic acids is 1. The Morgan fingerprint density at radius 1 is 1.46 bits per heavy atom. The van der Waals surface area contributed by atoms with Gasteiger partial charge in [0.1, 0.15) is 11.3 Å². The van der Waals surface area contributed by atoms with Crippen molar-refractivity contribution in [1.82, 2.24) is 30.1 Å². The van der Waals surface area contributed by atoms with Gasteiger partial charge < -0.3 is 10.0 Å². The number of aromatic nitrogens is 5. The van der Waals surface area contributed by atoms with Gasteiger partial charge in [0.15, 0.2) is 0 Å². The van der Waals surface area contributed by atoms with Crippen LogP contribution in [0, 0.1) is 0 Å². The van der Waals surface area contributed by atoms with Crippen molar-refractivity contribution in [3.05, 3.63) is 29.8 Å². The third kappa shape index (κ3) is 3.48. The number of likely N-dealkylation sites (tertiary alicyclic amines) is 1. The number of β-amino-alcohol motifs (C(OH)–C–C–N with tert-alkyl or cyclic N) is 1. The molecule has 24 heavy (non-hydrogen) atoms. The van der Waals surface area contributed by atoms with Gasteiger partial charge in [-0.2, -0.15) is 5.10 Å². The van der Waals surface area contributed by atoms with E-state index in [4.69, 9.17) is 0 Å². The summed E-state index contributed by atoms with van der Waals surface area (Å²) >= 11 is 0. The van der Waals surface area contributed by atoms with Crippen molar-refractivity contribution in [1.29, 1.82) is 0 Å². The lowest BCUT2D eigenvalue weighted by atomic mass is 9.91. The van der Waals surface area contributed by atoms with Crippen molar-refractivity contribution in [3.63, 3.8) is 0 Å². The summed E-state index contributed by atoms with van der Waals surface area (Å²) in [5, 5.41) is 25.6. The minimum atomic E-state index is -0.995. The summed E-state index contributed by atoms with van der Waals surface area (Å²) in [5.41, 5.74) is 0.220. The van der Waals surface area contributed by atoms with Crippen LogP contribution >= 0.6 is 0 Å². The van der Waals surface area contributed by atoms with E-state index >= 15 is 0 Å². The Morgan fingerprint density at radius 3 is 2.88 bits per heavy atom. The average Bonchev–Trinajstić information content (AvgIpc) is 3.16. The Morgan fingerprint density at radius 2 is 2.25 bits per heavy atom. The molecule has 8 nitrogen and oxygen atoms in total. The van der Waals surface area contributed by atoms with E-state index in [9.17, 15) is 9.90 Å². The lowest BCUT2D eigenvalue weighted by molar-refractivity contribution is -0.0388. The second-order valence-corrected chi connectivity index (χ2v) is 7.57. The van der Waals surface area contributed by atoms with Crippen LogP contribution in [0.3, 0.4) is 0 Å². The molecule has 0 radical (unpaired) electrons. The van der Waals surface area contributed by atoms with Gasteiger partial charge in [-0.25, -0.2) is 4.68 Å². The SMILES string of the molecule is CC(C)(C)c1cc(C(=O)N2CCCC(O)(Cn3ccnn3)C2)n[nH]1. The Labute approximate surface area is 140 Å². The number of nitrogens with one attached hydrogen (secondary N) is 1. The molecule has 130 valence electrons. The highest BCUT2D eigenvalue weighted by molar-refractivity contribution is 5.92. The molecule has 1 aliphatic rings. The zero-order chi connectivity index (χ0) is 17.4. The van der Waals surface area contributed by atoms with Crippen LogP contribution in [-0.2, 0) is 12.0 Å². The van der Waals surface area contributed by atoms with Gasteiger partial charge in [-0.1, -0.05) is 26.0 Å². The van der Waals surface area contributed by atoms with Crippen molar-refractivity contribution >= 4 is 5.91 Å². The third-order valence-electron chi connectivity index (χ3n) is 4.38. The van der Waals surface area contributed by atoms with E-state index in [1.807, 2.05) is 0 Å². The summed E-state index contributed by atoms with van der Waals surface area (Å²) in [6.07, 6.45) is 4.66. The number of piperidine rings is 1. The number of carbonyl (C=O) groups is 1. The van der Waals surface area contributed by atoms with Crippen molar-refractivity contribution in [3.8, 4) is 0 Å². The third-order valence-corrected chi connectivity index (χ3v) is 4.38. The number of nitrogens with zero attached hydrogens (tertiary/aromatic N) is 5. The molecule has 3 heterocycles. The highest BCUT2D eigenvalue weighted by Gasteiger charge is 2.37. The predicted molar refractivity (Wildman–Crippen MR) is 87.4 cm³/mol. The normalized spacial score (nSPS) is 21.9. The van der Waals surface area contributed by atoms with Gasteiger partial charge in [0.05, 0.1) is 19.3 Å². The molecule has 0 saturated carbocycles. The molecule has 1 aliphatic heterocycles. The minimum absolute atomic E-state index is 0.0960. The molecular weight excluding hydrogens is 308 g/mol. The topological polar surface area (TPSA) is 99.9 Å². The largest absolute Gasteiger partial charge is 0.386 e. The number of aromatic amines is 1. The summed E-state index contributed by atoms with van der Waals surface area (Å²) in [5.74, 6) is -0.154. The summed E-state index contributed by atoms with van der Waals surface area (Å²) < 4.78 is 1.60. The van der Waals surface area contributed by atoms with Crippen LogP contribution in [-0.4, -0.2) is 59.8 Å². The minimum Gasteiger partial charge on any atom is -0.386 e. The van der Waals surface area contributed by atoms with Crippen LogP contribution in [0.25, 0.3) is 0 Å². The van der Waals surface area contributed by atoms with Gasteiger partial charge >= 0.3 is 0 Å². The van der Waals surface area contributed by atoms with Crippen LogP contribution in [0.15, 0.2) is 18.5 Å². The average molecular weight is 332 g/mol. The van der Waals surface area contributed by atoms with E-state index in [0.717, 1.165) is 12.1 Å². The lowest BCUT2D eigenvalue weighted by Gasteiger charge is -2.38. The van der Waals surface area contributed by atoms with E-state index in [0.29, 0.717) is 25.2 Å². The molecule has 1 saturated heterocycles. The maximum atomic E-state index is 12.7. The first-order valence-corrected chi connectivity index (χ1v) is 8.18. The Balaban J connectivity index is 1.72. The van der Waals surface area contributed by atoms with Crippen molar-refractivity contribution in [2.75, 3.05) is 13.1 Å². The number of amides is 1. The second kappa shape index (κ2) is 6.01. The molecule has 1 atom stereocenters. The molecule has 3 rings (SSSR count). The quantitative estimate of drug-likeness (QED) is 0.872. The molecule has 0 bridgehead atoms. The van der Waals surface area contributed by atoms with Crippen molar-refractivity contribution in [2.24, 2.45) is 0 Å². The number of H-pyrrole nitrogens is 1. The van der Waals surface area contributed by atoms with Gasteiger partial charge in [-0.15, -0.1) is 5.10 Å². The van der Waals surface area contributed by atoms with E-state index < -0.39 is 5.60 Å². The zero-order valence-electron chi connectivity index (χ0n) is 14.4. The van der Waals surface area contributed by atoms with Crippen molar-refractivity contribution < 1.29 is 9.90 Å². The van der Waals surface area contributed by atoms with E-state index in [1.54, 1.807) is 28.0 Å². The summed E-state index contributed by atoms with van der Waals surface area (Å²) in [7, 11) is 0. The van der Waals surface area contributed by atoms with Gasteiger partial charge in [-0.05, 0) is 18.9 Å². The second-order valence-electron chi connectivity index (χ2n) is 7.57. The van der Waals surface area contributed by atoms with Gasteiger partial charge in [0.25, 0.3) is 5.91 Å². The fraction of sp³-hybridized carbons (Fsp3) is 0.625. The predicted octanol–water partition coefficient (Wildman–Crippen LogP) is 0.966. The first kappa shape index (κ1) is 16.6. The Bertz CT molecular complexity index is 702. The smallest absolute Gasteiger partial charge is 0.274 e. The van der Waals surface area contributed by atoms with Crippen LogP contribution in [0.1, 0.15) is 49.8 Å². The molecule has 2 N–H and O–H groups in total. The summed E-state index contributed by atoms with van der Waals surface area (Å²) in [6, 6.07) is 1.80. The number of aliphatic hydroxyl groups is 1. The maximum Gasteiger partial charge on any atom is 0.274 e. The van der Waals surface area contributed by atoms with E-state index in [1.165, 1.54) is 0 Å². The first-order valence-electron chi connectivity index (χ1n) is 8.18. The standard InChI is InChI=1S/C16H24N6O2/c1-15(2,3)13-9-12(18-19-13)14(23)21-7-4-5-16(24,10-21)11-22-8-6-17-20-22/h6,8-9,24H,4-5,7,10-11H2,1-3H3,(H,18,19). The maximum absolute atomic E-state index is 12.7. The monoisotopic (exact) mass is 332 g/mol. The van der Waals surface area contributed by atoms with Gasteiger partial charge in [0.2, 0.25) is 0 Å². The van der Waals surface area contributed by atoms with Crippen LogP contribution in [0.5, 0.6) is 0 Å². The molecule has 0 aliphatic carbocycles. The molecule has 2 aromatic rings. The van der Waals surface area contributed by atoms with Crippen LogP contribution in [0.2, 0.25) is 0 Å². The number of hydrogen-bond acceptors (Lipinski definition) is 5. The number of rotatable bonds is 3. The van der Waals surface area contributed by atoms with Crippen LogP contribution in [0.4, 0.5) is 0 Å². The summed E-state index contributed by atoms with van der Waals surface area (Å²) in [4.78, 5) is 14.4.